The van der Waals surface area contributed by atoms with E-state index in [1.54, 1.807) is 13.4 Å². The van der Waals surface area contributed by atoms with Gasteiger partial charge in [0.15, 0.2) is 0 Å². The summed E-state index contributed by atoms with van der Waals surface area (Å²) in [6.45, 7) is 0. The van der Waals surface area contributed by atoms with Crippen molar-refractivity contribution in [3.05, 3.63) is 90.7 Å². The highest BCUT2D eigenvalue weighted by Gasteiger charge is 2.09. The summed E-state index contributed by atoms with van der Waals surface area (Å²) in [5, 5.41) is 2.91. The van der Waals surface area contributed by atoms with Crippen molar-refractivity contribution < 1.29 is 13.9 Å². The average Bonchev–Trinajstić information content (AvgIpc) is 3.25. The van der Waals surface area contributed by atoms with E-state index in [1.807, 2.05) is 78.9 Å². The molecule has 0 saturated heterocycles. The summed E-state index contributed by atoms with van der Waals surface area (Å²) in [6.07, 6.45) is 1.92. The number of amides is 1. The highest BCUT2D eigenvalue weighted by Crippen LogP contribution is 2.25. The minimum absolute atomic E-state index is 0.0894. The molecule has 0 radical (unpaired) electrons. The molecule has 0 fully saturated rings. The topological polar surface area (TPSA) is 64.4 Å². The standard InChI is InChI=1S/C24H20N2O3/c1-28-21-9-5-6-17(14-21)15-23(27)25-20-12-10-19(11-13-20)24-26-22(16-29-24)18-7-3-2-4-8-18/h2-14,16H,15H2,1H3,(H,25,27). The van der Waals surface area contributed by atoms with Crippen LogP contribution in [0.5, 0.6) is 5.75 Å². The van der Waals surface area contributed by atoms with Crippen LogP contribution in [0.2, 0.25) is 0 Å². The van der Waals surface area contributed by atoms with Crippen molar-refractivity contribution in [1.29, 1.82) is 0 Å². The molecule has 1 heterocycles. The molecule has 0 aliphatic heterocycles. The number of methoxy groups -OCH3 is 1. The number of ether oxygens (including phenoxy) is 1. The summed E-state index contributed by atoms with van der Waals surface area (Å²) in [5.41, 5.74) is 4.25. The first-order valence-electron chi connectivity index (χ1n) is 9.25. The number of benzene rings is 3. The lowest BCUT2D eigenvalue weighted by molar-refractivity contribution is -0.115. The SMILES string of the molecule is COc1cccc(CC(=O)Nc2ccc(-c3nc(-c4ccccc4)co3)cc2)c1. The van der Waals surface area contributed by atoms with E-state index >= 15 is 0 Å². The Morgan fingerprint density at radius 3 is 2.52 bits per heavy atom. The van der Waals surface area contributed by atoms with E-state index in [-0.39, 0.29) is 12.3 Å². The van der Waals surface area contributed by atoms with Gasteiger partial charge in [-0.3, -0.25) is 4.79 Å². The van der Waals surface area contributed by atoms with Crippen molar-refractivity contribution in [3.63, 3.8) is 0 Å². The van der Waals surface area contributed by atoms with Crippen LogP contribution in [0, 0.1) is 0 Å². The Bertz CT molecular complexity index is 1100. The van der Waals surface area contributed by atoms with Gasteiger partial charge in [-0.15, -0.1) is 0 Å². The summed E-state index contributed by atoms with van der Waals surface area (Å²) in [7, 11) is 1.61. The third kappa shape index (κ3) is 4.52. The fourth-order valence-corrected chi connectivity index (χ4v) is 3.02. The van der Waals surface area contributed by atoms with Gasteiger partial charge in [0.05, 0.1) is 13.5 Å². The van der Waals surface area contributed by atoms with Gasteiger partial charge in [-0.2, -0.15) is 0 Å². The Morgan fingerprint density at radius 2 is 1.76 bits per heavy atom. The number of carbonyl (C=O) groups excluding carboxylic acids is 1. The zero-order valence-electron chi connectivity index (χ0n) is 16.0. The molecule has 4 rings (SSSR count). The van der Waals surface area contributed by atoms with Crippen molar-refractivity contribution in [1.82, 2.24) is 4.98 Å². The van der Waals surface area contributed by atoms with E-state index in [9.17, 15) is 4.79 Å². The fraction of sp³-hybridized carbons (Fsp3) is 0.0833. The predicted octanol–water partition coefficient (Wildman–Crippen LogP) is 5.20. The smallest absolute Gasteiger partial charge is 0.228 e. The molecule has 144 valence electrons. The molecule has 0 bridgehead atoms. The lowest BCUT2D eigenvalue weighted by Gasteiger charge is -2.07. The second kappa shape index (κ2) is 8.44. The van der Waals surface area contributed by atoms with Crippen LogP contribution in [0.3, 0.4) is 0 Å². The van der Waals surface area contributed by atoms with Crippen LogP contribution in [0.15, 0.2) is 89.5 Å². The molecule has 0 unspecified atom stereocenters. The first kappa shape index (κ1) is 18.5. The van der Waals surface area contributed by atoms with E-state index in [0.717, 1.165) is 33.8 Å². The van der Waals surface area contributed by atoms with Gasteiger partial charge in [0.25, 0.3) is 0 Å². The molecule has 5 heteroatoms. The van der Waals surface area contributed by atoms with Crippen LogP contribution in [0.1, 0.15) is 5.56 Å². The van der Waals surface area contributed by atoms with E-state index in [2.05, 4.69) is 10.3 Å². The van der Waals surface area contributed by atoms with Gasteiger partial charge in [-0.25, -0.2) is 4.98 Å². The van der Waals surface area contributed by atoms with Crippen molar-refractivity contribution in [2.45, 2.75) is 6.42 Å². The predicted molar refractivity (Wildman–Crippen MR) is 113 cm³/mol. The Morgan fingerprint density at radius 1 is 0.966 bits per heavy atom. The minimum atomic E-state index is -0.0894. The second-order valence-corrected chi connectivity index (χ2v) is 6.56. The maximum atomic E-state index is 12.3. The minimum Gasteiger partial charge on any atom is -0.497 e. The van der Waals surface area contributed by atoms with E-state index < -0.39 is 0 Å². The van der Waals surface area contributed by atoms with Gasteiger partial charge in [0, 0.05) is 16.8 Å². The average molecular weight is 384 g/mol. The molecule has 0 atom stereocenters. The molecule has 0 aliphatic rings. The summed E-state index contributed by atoms with van der Waals surface area (Å²) in [5.74, 6) is 1.19. The summed E-state index contributed by atoms with van der Waals surface area (Å²) >= 11 is 0. The molecule has 29 heavy (non-hydrogen) atoms. The van der Waals surface area contributed by atoms with Gasteiger partial charge >= 0.3 is 0 Å². The number of oxazole rings is 1. The summed E-state index contributed by atoms with van der Waals surface area (Å²) < 4.78 is 10.8. The molecule has 3 aromatic carbocycles. The number of hydrogen-bond donors (Lipinski definition) is 1. The van der Waals surface area contributed by atoms with Crippen LogP contribution in [0.25, 0.3) is 22.7 Å². The van der Waals surface area contributed by atoms with Crippen molar-refractivity contribution in [2.75, 3.05) is 12.4 Å². The maximum Gasteiger partial charge on any atom is 0.228 e. The number of nitrogens with zero attached hydrogens (tertiary/aromatic N) is 1. The monoisotopic (exact) mass is 384 g/mol. The number of aromatic nitrogens is 1. The van der Waals surface area contributed by atoms with Crippen LogP contribution in [0.4, 0.5) is 5.69 Å². The third-order valence-corrected chi connectivity index (χ3v) is 4.49. The quantitative estimate of drug-likeness (QED) is 0.496. The first-order chi connectivity index (χ1) is 14.2. The van der Waals surface area contributed by atoms with Crippen LogP contribution in [-0.2, 0) is 11.2 Å². The Balaban J connectivity index is 1.41. The van der Waals surface area contributed by atoms with Crippen LogP contribution >= 0.6 is 0 Å². The zero-order chi connectivity index (χ0) is 20.1. The highest BCUT2D eigenvalue weighted by molar-refractivity contribution is 5.92. The van der Waals surface area contributed by atoms with E-state index in [1.165, 1.54) is 0 Å². The Hall–Kier alpha value is -3.86. The largest absolute Gasteiger partial charge is 0.497 e. The summed E-state index contributed by atoms with van der Waals surface area (Å²) in [6, 6.07) is 24.8. The summed E-state index contributed by atoms with van der Waals surface area (Å²) in [4.78, 5) is 16.9. The van der Waals surface area contributed by atoms with Crippen molar-refractivity contribution in [3.8, 4) is 28.5 Å². The number of carbonyl (C=O) groups is 1. The highest BCUT2D eigenvalue weighted by atomic mass is 16.5. The third-order valence-electron chi connectivity index (χ3n) is 4.49. The molecule has 1 aromatic heterocycles. The molecule has 1 amide bonds. The van der Waals surface area contributed by atoms with Gasteiger partial charge in [-0.05, 0) is 42.0 Å². The van der Waals surface area contributed by atoms with Crippen molar-refractivity contribution in [2.24, 2.45) is 0 Å². The van der Waals surface area contributed by atoms with Crippen LogP contribution < -0.4 is 10.1 Å². The number of anilines is 1. The van der Waals surface area contributed by atoms with E-state index in [0.29, 0.717) is 5.89 Å². The Labute approximate surface area is 169 Å². The molecular formula is C24H20N2O3. The number of nitrogens with one attached hydrogen (secondary N) is 1. The van der Waals surface area contributed by atoms with Crippen molar-refractivity contribution >= 4 is 11.6 Å². The maximum absolute atomic E-state index is 12.3. The molecule has 5 nitrogen and oxygen atoms in total. The molecule has 4 aromatic rings. The van der Waals surface area contributed by atoms with E-state index in [4.69, 9.17) is 9.15 Å². The molecule has 0 spiro atoms. The van der Waals surface area contributed by atoms with Gasteiger partial charge in [0.1, 0.15) is 17.7 Å². The second-order valence-electron chi connectivity index (χ2n) is 6.56. The molecule has 1 N–H and O–H groups in total. The lowest BCUT2D eigenvalue weighted by Crippen LogP contribution is -2.14. The normalized spacial score (nSPS) is 10.5. The lowest BCUT2D eigenvalue weighted by atomic mass is 10.1. The molecular weight excluding hydrogens is 364 g/mol. The number of rotatable bonds is 6. The first-order valence-corrected chi connectivity index (χ1v) is 9.25. The van der Waals surface area contributed by atoms with Gasteiger partial charge in [-0.1, -0.05) is 42.5 Å². The van der Waals surface area contributed by atoms with Crippen LogP contribution in [-0.4, -0.2) is 18.0 Å². The molecule has 0 aliphatic carbocycles. The number of hydrogen-bond acceptors (Lipinski definition) is 4. The zero-order valence-corrected chi connectivity index (χ0v) is 16.0. The Kier molecular flexibility index (Phi) is 5.38. The fourth-order valence-electron chi connectivity index (χ4n) is 3.02. The van der Waals surface area contributed by atoms with Gasteiger partial charge < -0.3 is 14.5 Å². The van der Waals surface area contributed by atoms with Gasteiger partial charge in [0.2, 0.25) is 11.8 Å². The molecule has 0 saturated carbocycles.